The van der Waals surface area contributed by atoms with E-state index in [1.165, 1.54) is 19.3 Å². The highest BCUT2D eigenvalue weighted by atomic mass is 16.5. The fourth-order valence-electron chi connectivity index (χ4n) is 3.67. The van der Waals surface area contributed by atoms with Gasteiger partial charge in [0.1, 0.15) is 18.5 Å². The number of hydrogen-bond donors (Lipinski definition) is 2. The second-order valence-electron chi connectivity index (χ2n) is 7.88. The lowest BCUT2D eigenvalue weighted by Gasteiger charge is -2.28. The molecule has 2 heterocycles. The van der Waals surface area contributed by atoms with Gasteiger partial charge in [0, 0.05) is 19.3 Å². The molecule has 2 N–H and O–H groups in total. The maximum atomic E-state index is 10.4. The number of piperidine rings is 1. The molecule has 170 valence electrons. The Morgan fingerprint density at radius 1 is 1.13 bits per heavy atom. The first-order chi connectivity index (χ1) is 15.2. The number of hydrogen-bond acceptors (Lipinski definition) is 7. The van der Waals surface area contributed by atoms with Crippen molar-refractivity contribution in [1.29, 1.82) is 0 Å². The van der Waals surface area contributed by atoms with Crippen LogP contribution in [0.1, 0.15) is 31.2 Å². The summed E-state index contributed by atoms with van der Waals surface area (Å²) in [5.41, 5.74) is 1.11. The summed E-state index contributed by atoms with van der Waals surface area (Å²) in [5, 5.41) is 13.8. The molecule has 0 aliphatic carbocycles. The van der Waals surface area contributed by atoms with Gasteiger partial charge in [-0.1, -0.05) is 12.5 Å². The number of ether oxygens (including phenoxy) is 3. The van der Waals surface area contributed by atoms with E-state index in [1.807, 2.05) is 30.3 Å². The van der Waals surface area contributed by atoms with Gasteiger partial charge in [-0.05, 0) is 68.7 Å². The zero-order valence-corrected chi connectivity index (χ0v) is 18.5. The number of benzene rings is 1. The van der Waals surface area contributed by atoms with Crippen LogP contribution in [0, 0.1) is 0 Å². The molecule has 1 aromatic heterocycles. The first-order valence-corrected chi connectivity index (χ1v) is 11.2. The molecule has 3 rings (SSSR count). The highest BCUT2D eigenvalue weighted by molar-refractivity contribution is 5.43. The second kappa shape index (κ2) is 13.1. The smallest absolute Gasteiger partial charge is 0.161 e. The number of rotatable bonds is 13. The van der Waals surface area contributed by atoms with Crippen molar-refractivity contribution in [3.8, 4) is 17.2 Å². The van der Waals surface area contributed by atoms with Crippen molar-refractivity contribution in [1.82, 2.24) is 15.2 Å². The Morgan fingerprint density at radius 3 is 2.77 bits per heavy atom. The molecule has 0 spiro atoms. The molecule has 1 aliphatic rings. The van der Waals surface area contributed by atoms with Gasteiger partial charge in [0.25, 0.3) is 0 Å². The van der Waals surface area contributed by atoms with Gasteiger partial charge in [-0.2, -0.15) is 0 Å². The molecule has 1 aliphatic heterocycles. The van der Waals surface area contributed by atoms with Crippen LogP contribution in [0.3, 0.4) is 0 Å². The molecule has 7 nitrogen and oxygen atoms in total. The number of pyridine rings is 1. The molecule has 1 fully saturated rings. The number of likely N-dealkylation sites (tertiary alicyclic amines) is 1. The van der Waals surface area contributed by atoms with E-state index >= 15 is 0 Å². The number of β-amino-alcohol motifs (C(OH)–C–C–N with tert-alkyl or cyclic N) is 1. The summed E-state index contributed by atoms with van der Waals surface area (Å²) in [7, 11) is 1.63. The molecule has 1 atom stereocenters. The standard InChI is InChI=1S/C24H35N3O4/c1-29-23-9-8-20(16-25-11-6-14-30-22-7-5-10-26-17-22)15-24(23)31-19-21(28)18-27-12-3-2-4-13-27/h5,7-10,15,17,21,25,28H,2-4,6,11-14,16,18-19H2,1H3. The number of aromatic nitrogens is 1. The summed E-state index contributed by atoms with van der Waals surface area (Å²) in [6.07, 6.45) is 7.56. The first-order valence-electron chi connectivity index (χ1n) is 11.2. The number of nitrogens with zero attached hydrogens (tertiary/aromatic N) is 2. The monoisotopic (exact) mass is 429 g/mol. The van der Waals surface area contributed by atoms with Gasteiger partial charge < -0.3 is 29.5 Å². The molecule has 31 heavy (non-hydrogen) atoms. The topological polar surface area (TPSA) is 76.1 Å². The van der Waals surface area contributed by atoms with Crippen LogP contribution < -0.4 is 19.5 Å². The van der Waals surface area contributed by atoms with E-state index in [0.29, 0.717) is 24.7 Å². The van der Waals surface area contributed by atoms with Crippen LogP contribution in [0.4, 0.5) is 0 Å². The Bertz CT molecular complexity index is 754. The zero-order chi connectivity index (χ0) is 21.7. The Balaban J connectivity index is 1.38. The van der Waals surface area contributed by atoms with E-state index < -0.39 is 6.10 Å². The van der Waals surface area contributed by atoms with E-state index in [2.05, 4.69) is 15.2 Å². The summed E-state index contributed by atoms with van der Waals surface area (Å²) in [6, 6.07) is 9.68. The molecule has 0 radical (unpaired) electrons. The van der Waals surface area contributed by atoms with Crippen LogP contribution in [0.2, 0.25) is 0 Å². The number of methoxy groups -OCH3 is 1. The Kier molecular flexibility index (Phi) is 9.89. The van der Waals surface area contributed by atoms with Crippen molar-refractivity contribution >= 4 is 0 Å². The average molecular weight is 430 g/mol. The molecule has 1 unspecified atom stereocenters. The number of nitrogens with one attached hydrogen (secondary N) is 1. The van der Waals surface area contributed by atoms with Crippen LogP contribution in [0.25, 0.3) is 0 Å². The molecule has 0 saturated carbocycles. The van der Waals surface area contributed by atoms with Gasteiger partial charge in [-0.25, -0.2) is 0 Å². The highest BCUT2D eigenvalue weighted by Gasteiger charge is 2.16. The fourth-order valence-corrected chi connectivity index (χ4v) is 3.67. The van der Waals surface area contributed by atoms with E-state index in [9.17, 15) is 5.11 Å². The largest absolute Gasteiger partial charge is 0.493 e. The third kappa shape index (κ3) is 8.36. The molecule has 1 aromatic carbocycles. The fraction of sp³-hybridized carbons (Fsp3) is 0.542. The van der Waals surface area contributed by atoms with Crippen molar-refractivity contribution in [3.63, 3.8) is 0 Å². The minimum absolute atomic E-state index is 0.259. The Morgan fingerprint density at radius 2 is 2.00 bits per heavy atom. The molecular formula is C24H35N3O4. The van der Waals surface area contributed by atoms with Crippen LogP contribution in [-0.4, -0.2) is 67.6 Å². The van der Waals surface area contributed by atoms with Gasteiger partial charge in [-0.15, -0.1) is 0 Å². The lowest BCUT2D eigenvalue weighted by atomic mass is 10.1. The third-order valence-electron chi connectivity index (χ3n) is 5.31. The summed E-state index contributed by atoms with van der Waals surface area (Å²) >= 11 is 0. The van der Waals surface area contributed by atoms with Crippen LogP contribution in [0.15, 0.2) is 42.7 Å². The number of aliphatic hydroxyl groups is 1. The van der Waals surface area contributed by atoms with E-state index in [0.717, 1.165) is 43.9 Å². The van der Waals surface area contributed by atoms with Crippen molar-refractivity contribution in [2.75, 3.05) is 46.5 Å². The van der Waals surface area contributed by atoms with Gasteiger partial charge in [0.05, 0.1) is 19.9 Å². The summed E-state index contributed by atoms with van der Waals surface area (Å²) in [5.74, 6) is 2.14. The minimum atomic E-state index is -0.510. The predicted molar refractivity (Wildman–Crippen MR) is 121 cm³/mol. The minimum Gasteiger partial charge on any atom is -0.493 e. The summed E-state index contributed by atoms with van der Waals surface area (Å²) in [4.78, 5) is 6.35. The normalized spacial score (nSPS) is 15.4. The lowest BCUT2D eigenvalue weighted by Crippen LogP contribution is -2.38. The van der Waals surface area contributed by atoms with E-state index in [4.69, 9.17) is 14.2 Å². The number of aliphatic hydroxyl groups excluding tert-OH is 1. The maximum absolute atomic E-state index is 10.4. The molecular weight excluding hydrogens is 394 g/mol. The van der Waals surface area contributed by atoms with Gasteiger partial charge in [-0.3, -0.25) is 4.98 Å². The summed E-state index contributed by atoms with van der Waals surface area (Å²) < 4.78 is 17.0. The summed E-state index contributed by atoms with van der Waals surface area (Å²) in [6.45, 7) is 5.26. The van der Waals surface area contributed by atoms with Crippen LogP contribution in [-0.2, 0) is 6.54 Å². The van der Waals surface area contributed by atoms with Gasteiger partial charge >= 0.3 is 0 Å². The molecule has 0 amide bonds. The van der Waals surface area contributed by atoms with Crippen molar-refractivity contribution in [3.05, 3.63) is 48.3 Å². The van der Waals surface area contributed by atoms with Gasteiger partial charge in [0.2, 0.25) is 0 Å². The van der Waals surface area contributed by atoms with Crippen molar-refractivity contribution in [2.24, 2.45) is 0 Å². The predicted octanol–water partition coefficient (Wildman–Crippen LogP) is 2.87. The third-order valence-corrected chi connectivity index (χ3v) is 5.31. The van der Waals surface area contributed by atoms with Crippen LogP contribution in [0.5, 0.6) is 17.2 Å². The molecule has 7 heteroatoms. The quantitative estimate of drug-likeness (QED) is 0.474. The average Bonchev–Trinajstić information content (AvgIpc) is 2.81. The van der Waals surface area contributed by atoms with Crippen molar-refractivity contribution in [2.45, 2.75) is 38.3 Å². The molecule has 2 aromatic rings. The van der Waals surface area contributed by atoms with Gasteiger partial charge in [0.15, 0.2) is 11.5 Å². The second-order valence-corrected chi connectivity index (χ2v) is 7.88. The van der Waals surface area contributed by atoms with Crippen molar-refractivity contribution < 1.29 is 19.3 Å². The zero-order valence-electron chi connectivity index (χ0n) is 18.5. The first kappa shape index (κ1) is 23.3. The van der Waals surface area contributed by atoms with E-state index in [-0.39, 0.29) is 6.61 Å². The van der Waals surface area contributed by atoms with E-state index in [1.54, 1.807) is 19.5 Å². The highest BCUT2D eigenvalue weighted by Crippen LogP contribution is 2.28. The Hall–Kier alpha value is -2.35. The SMILES string of the molecule is COc1ccc(CNCCCOc2cccnc2)cc1OCC(O)CN1CCCCC1. The maximum Gasteiger partial charge on any atom is 0.161 e. The van der Waals surface area contributed by atoms with Crippen LogP contribution >= 0.6 is 0 Å². The molecule has 1 saturated heterocycles. The Labute approximate surface area is 185 Å². The molecule has 0 bridgehead atoms. The lowest BCUT2D eigenvalue weighted by molar-refractivity contribution is 0.0608.